The minimum atomic E-state index is 0.366. The van der Waals surface area contributed by atoms with Gasteiger partial charge in [-0.1, -0.05) is 19.9 Å². The highest BCUT2D eigenvalue weighted by Gasteiger charge is 2.25. The lowest BCUT2D eigenvalue weighted by molar-refractivity contribution is 0.100. The highest BCUT2D eigenvalue weighted by Crippen LogP contribution is 2.34. The van der Waals surface area contributed by atoms with Crippen molar-refractivity contribution in [3.8, 4) is 5.75 Å². The number of benzene rings is 1. The summed E-state index contributed by atoms with van der Waals surface area (Å²) in [5.74, 6) is 2.53. The number of ether oxygens (including phenoxy) is 1. The second-order valence-corrected chi connectivity index (χ2v) is 6.81. The molecule has 2 atom stereocenters. The largest absolute Gasteiger partial charge is 0.489 e. The van der Waals surface area contributed by atoms with Gasteiger partial charge in [0.1, 0.15) is 5.75 Å². The molecule has 0 spiro atoms. The quantitative estimate of drug-likeness (QED) is 0.887. The van der Waals surface area contributed by atoms with Gasteiger partial charge in [0.2, 0.25) is 0 Å². The van der Waals surface area contributed by atoms with Gasteiger partial charge in [-0.3, -0.25) is 0 Å². The third-order valence-corrected chi connectivity index (χ3v) is 4.43. The van der Waals surface area contributed by atoms with E-state index in [0.717, 1.165) is 28.6 Å². The molecule has 0 aromatic heterocycles. The maximum atomic E-state index is 6.19. The normalized spacial score (nSPS) is 27.3. The molecule has 0 saturated heterocycles. The zero-order chi connectivity index (χ0) is 13.8. The van der Waals surface area contributed by atoms with E-state index in [4.69, 9.17) is 4.74 Å². The van der Waals surface area contributed by atoms with Gasteiger partial charge in [0.25, 0.3) is 0 Å². The number of hydrogen-bond acceptors (Lipinski definition) is 2. The van der Waals surface area contributed by atoms with Crippen molar-refractivity contribution >= 4 is 15.9 Å². The van der Waals surface area contributed by atoms with Crippen LogP contribution in [0.15, 0.2) is 22.7 Å². The van der Waals surface area contributed by atoms with Crippen LogP contribution in [0.1, 0.15) is 38.7 Å². The van der Waals surface area contributed by atoms with Gasteiger partial charge < -0.3 is 10.1 Å². The maximum absolute atomic E-state index is 6.19. The fraction of sp³-hybridized carbons (Fsp3) is 0.625. The van der Waals surface area contributed by atoms with Gasteiger partial charge in [-0.2, -0.15) is 0 Å². The maximum Gasteiger partial charge on any atom is 0.133 e. The molecule has 19 heavy (non-hydrogen) atoms. The van der Waals surface area contributed by atoms with Crippen molar-refractivity contribution in [2.75, 3.05) is 7.05 Å². The fourth-order valence-electron chi connectivity index (χ4n) is 3.10. The van der Waals surface area contributed by atoms with E-state index in [1.54, 1.807) is 0 Å². The molecule has 1 aromatic carbocycles. The molecule has 3 heteroatoms. The molecule has 1 aliphatic carbocycles. The number of hydrogen-bond donors (Lipinski definition) is 1. The molecule has 1 aliphatic rings. The first-order valence-electron chi connectivity index (χ1n) is 7.18. The minimum absolute atomic E-state index is 0.366. The molecule has 106 valence electrons. The second kappa shape index (κ2) is 6.76. The molecule has 2 nitrogen and oxygen atoms in total. The van der Waals surface area contributed by atoms with Crippen LogP contribution < -0.4 is 10.1 Å². The standard InChI is InChI=1S/C16H24BrNO/c1-11-6-12(2)8-14(7-11)19-16-5-4-13(10-18-3)9-15(16)17/h4-5,9,11-12,14,18H,6-8,10H2,1-3H3. The van der Waals surface area contributed by atoms with Gasteiger partial charge in [-0.05, 0) is 71.8 Å². The van der Waals surface area contributed by atoms with E-state index in [1.165, 1.54) is 24.8 Å². The summed E-state index contributed by atoms with van der Waals surface area (Å²) in [7, 11) is 1.96. The summed E-state index contributed by atoms with van der Waals surface area (Å²) in [6, 6.07) is 6.36. The van der Waals surface area contributed by atoms with E-state index < -0.39 is 0 Å². The first-order valence-corrected chi connectivity index (χ1v) is 7.97. The summed E-state index contributed by atoms with van der Waals surface area (Å²) in [5.41, 5.74) is 1.27. The highest BCUT2D eigenvalue weighted by molar-refractivity contribution is 9.10. The Morgan fingerprint density at radius 3 is 2.47 bits per heavy atom. The van der Waals surface area contributed by atoms with Gasteiger partial charge in [0.05, 0.1) is 10.6 Å². The zero-order valence-corrected chi connectivity index (χ0v) is 13.7. The Hall–Kier alpha value is -0.540. The van der Waals surface area contributed by atoms with Crippen LogP contribution in [0.4, 0.5) is 0 Å². The third-order valence-electron chi connectivity index (χ3n) is 3.81. The van der Waals surface area contributed by atoms with Crippen molar-refractivity contribution in [2.45, 2.75) is 45.8 Å². The Kier molecular flexibility index (Phi) is 5.28. The van der Waals surface area contributed by atoms with Crippen molar-refractivity contribution in [1.29, 1.82) is 0 Å². The summed E-state index contributed by atoms with van der Waals surface area (Å²) in [4.78, 5) is 0. The van der Waals surface area contributed by atoms with Gasteiger partial charge >= 0.3 is 0 Å². The van der Waals surface area contributed by atoms with Crippen molar-refractivity contribution < 1.29 is 4.74 Å². The van der Waals surface area contributed by atoms with Crippen molar-refractivity contribution in [3.05, 3.63) is 28.2 Å². The average Bonchev–Trinajstić information content (AvgIpc) is 2.32. The summed E-state index contributed by atoms with van der Waals surface area (Å²) < 4.78 is 7.25. The molecule has 1 fully saturated rings. The molecule has 1 saturated carbocycles. The lowest BCUT2D eigenvalue weighted by Crippen LogP contribution is -2.28. The van der Waals surface area contributed by atoms with Crippen LogP contribution in [0.3, 0.4) is 0 Å². The first kappa shape index (κ1) is 14.9. The highest BCUT2D eigenvalue weighted by atomic mass is 79.9. The molecule has 0 bridgehead atoms. The van der Waals surface area contributed by atoms with Crippen LogP contribution in [-0.2, 0) is 6.54 Å². The summed E-state index contributed by atoms with van der Waals surface area (Å²) in [6.45, 7) is 5.55. The van der Waals surface area contributed by atoms with Gasteiger partial charge in [-0.15, -0.1) is 0 Å². The van der Waals surface area contributed by atoms with Crippen molar-refractivity contribution in [1.82, 2.24) is 5.32 Å². The SMILES string of the molecule is CNCc1ccc(OC2CC(C)CC(C)C2)c(Br)c1. The Labute approximate surface area is 125 Å². The van der Waals surface area contributed by atoms with Crippen molar-refractivity contribution in [2.24, 2.45) is 11.8 Å². The van der Waals surface area contributed by atoms with Crippen LogP contribution in [0, 0.1) is 11.8 Å². The zero-order valence-electron chi connectivity index (χ0n) is 12.1. The predicted molar refractivity (Wildman–Crippen MR) is 83.5 cm³/mol. The topological polar surface area (TPSA) is 21.3 Å². The van der Waals surface area contributed by atoms with Gasteiger partial charge in [0.15, 0.2) is 0 Å². The Bertz CT molecular complexity index is 411. The van der Waals surface area contributed by atoms with E-state index in [0.29, 0.717) is 6.10 Å². The lowest BCUT2D eigenvalue weighted by atomic mass is 9.82. The Morgan fingerprint density at radius 1 is 1.21 bits per heavy atom. The molecule has 0 heterocycles. The fourth-order valence-corrected chi connectivity index (χ4v) is 3.62. The van der Waals surface area contributed by atoms with Crippen molar-refractivity contribution in [3.63, 3.8) is 0 Å². The number of nitrogens with one attached hydrogen (secondary N) is 1. The lowest BCUT2D eigenvalue weighted by Gasteiger charge is -2.32. The van der Waals surface area contributed by atoms with Crippen LogP contribution >= 0.6 is 15.9 Å². The van der Waals surface area contributed by atoms with Crippen LogP contribution in [0.25, 0.3) is 0 Å². The molecule has 2 unspecified atom stereocenters. The molecular weight excluding hydrogens is 302 g/mol. The first-order chi connectivity index (χ1) is 9.08. The number of rotatable bonds is 4. The molecule has 0 aliphatic heterocycles. The van der Waals surface area contributed by atoms with Gasteiger partial charge in [0, 0.05) is 6.54 Å². The molecule has 1 aromatic rings. The van der Waals surface area contributed by atoms with E-state index in [-0.39, 0.29) is 0 Å². The molecule has 1 N–H and O–H groups in total. The third kappa shape index (κ3) is 4.22. The van der Waals surface area contributed by atoms with Crippen LogP contribution in [-0.4, -0.2) is 13.2 Å². The van der Waals surface area contributed by atoms with E-state index in [2.05, 4.69) is 53.3 Å². The molecule has 2 rings (SSSR count). The van der Waals surface area contributed by atoms with E-state index in [9.17, 15) is 0 Å². The average molecular weight is 326 g/mol. The predicted octanol–water partition coefficient (Wildman–Crippen LogP) is 4.37. The minimum Gasteiger partial charge on any atom is -0.489 e. The van der Waals surface area contributed by atoms with Gasteiger partial charge in [-0.25, -0.2) is 0 Å². The second-order valence-electron chi connectivity index (χ2n) is 5.95. The number of halogens is 1. The summed E-state index contributed by atoms with van der Waals surface area (Å²) >= 11 is 3.62. The van der Waals surface area contributed by atoms with E-state index in [1.807, 2.05) is 7.05 Å². The van der Waals surface area contributed by atoms with Crippen LogP contribution in [0.2, 0.25) is 0 Å². The van der Waals surface area contributed by atoms with Crippen LogP contribution in [0.5, 0.6) is 5.75 Å². The Morgan fingerprint density at radius 2 is 1.89 bits per heavy atom. The molecule has 0 radical (unpaired) electrons. The summed E-state index contributed by atoms with van der Waals surface area (Å²) in [6.07, 6.45) is 4.05. The Balaban J connectivity index is 2.02. The summed E-state index contributed by atoms with van der Waals surface area (Å²) in [5, 5.41) is 3.16. The van der Waals surface area contributed by atoms with E-state index >= 15 is 0 Å². The monoisotopic (exact) mass is 325 g/mol. The molecule has 0 amide bonds. The smallest absolute Gasteiger partial charge is 0.133 e. The molecular formula is C16H24BrNO.